The molecule has 0 amide bonds. The van der Waals surface area contributed by atoms with Crippen molar-refractivity contribution in [3.05, 3.63) is 23.0 Å². The maximum Gasteiger partial charge on any atom is 0.373 e. The van der Waals surface area contributed by atoms with Crippen LogP contribution in [0.4, 0.5) is 5.69 Å². The average Bonchev–Trinajstić information content (AvgIpc) is 2.38. The summed E-state index contributed by atoms with van der Waals surface area (Å²) >= 11 is 5.88. The van der Waals surface area contributed by atoms with E-state index < -0.39 is 7.05 Å². The SMILES string of the molecule is CB(O)NC1CCCC(Nc2cc(Cl)ncc2C=O)C1. The molecule has 20 heavy (non-hydrogen) atoms. The molecule has 1 aliphatic rings. The molecule has 7 heteroatoms. The van der Waals surface area contributed by atoms with E-state index in [1.807, 2.05) is 0 Å². The summed E-state index contributed by atoms with van der Waals surface area (Å²) in [5.74, 6) is 0. The van der Waals surface area contributed by atoms with Crippen molar-refractivity contribution < 1.29 is 9.82 Å². The molecule has 1 aromatic heterocycles. The quantitative estimate of drug-likeness (QED) is 0.440. The number of carbonyl (C=O) groups excluding carboxylic acids is 1. The van der Waals surface area contributed by atoms with Crippen LogP contribution in [0.5, 0.6) is 0 Å². The number of carbonyl (C=O) groups is 1. The fourth-order valence-corrected chi connectivity index (χ4v) is 2.85. The third-order valence-corrected chi connectivity index (χ3v) is 3.75. The summed E-state index contributed by atoms with van der Waals surface area (Å²) in [5.41, 5.74) is 1.24. The van der Waals surface area contributed by atoms with Crippen LogP contribution in [0.25, 0.3) is 0 Å². The molecule has 1 heterocycles. The van der Waals surface area contributed by atoms with Crippen LogP contribution in [-0.2, 0) is 0 Å². The molecular formula is C13H19BClN3O2. The van der Waals surface area contributed by atoms with Gasteiger partial charge in [-0.25, -0.2) is 4.98 Å². The minimum absolute atomic E-state index is 0.261. The largest absolute Gasteiger partial charge is 0.437 e. The first-order chi connectivity index (χ1) is 9.58. The van der Waals surface area contributed by atoms with Crippen molar-refractivity contribution in [2.75, 3.05) is 5.32 Å². The van der Waals surface area contributed by atoms with Crippen LogP contribution in [0.15, 0.2) is 12.3 Å². The Hall–Kier alpha value is -1.11. The fraction of sp³-hybridized carbons (Fsp3) is 0.538. The lowest BCUT2D eigenvalue weighted by Gasteiger charge is -2.31. The first-order valence-electron chi connectivity index (χ1n) is 6.90. The lowest BCUT2D eigenvalue weighted by atomic mass is 9.82. The van der Waals surface area contributed by atoms with E-state index in [9.17, 15) is 9.82 Å². The third kappa shape index (κ3) is 4.20. The highest BCUT2D eigenvalue weighted by atomic mass is 35.5. The van der Waals surface area contributed by atoms with Crippen molar-refractivity contribution >= 4 is 30.6 Å². The van der Waals surface area contributed by atoms with Crippen LogP contribution < -0.4 is 10.5 Å². The molecule has 0 bridgehead atoms. The van der Waals surface area contributed by atoms with Gasteiger partial charge in [-0.1, -0.05) is 11.6 Å². The van der Waals surface area contributed by atoms with Crippen LogP contribution in [0.2, 0.25) is 12.0 Å². The van der Waals surface area contributed by atoms with E-state index in [-0.39, 0.29) is 6.04 Å². The van der Waals surface area contributed by atoms with E-state index in [4.69, 9.17) is 11.6 Å². The molecule has 1 fully saturated rings. The van der Waals surface area contributed by atoms with Gasteiger partial charge in [0.15, 0.2) is 6.29 Å². The summed E-state index contributed by atoms with van der Waals surface area (Å²) in [6.45, 7) is 1.73. The Kier molecular flexibility index (Phi) is 5.40. The lowest BCUT2D eigenvalue weighted by Crippen LogP contribution is -2.45. The van der Waals surface area contributed by atoms with Gasteiger partial charge in [-0.3, -0.25) is 4.79 Å². The smallest absolute Gasteiger partial charge is 0.373 e. The molecule has 0 radical (unpaired) electrons. The first-order valence-corrected chi connectivity index (χ1v) is 7.27. The van der Waals surface area contributed by atoms with Gasteiger partial charge in [-0.15, -0.1) is 0 Å². The Morgan fingerprint density at radius 3 is 2.95 bits per heavy atom. The van der Waals surface area contributed by atoms with Gasteiger partial charge in [0.1, 0.15) is 5.15 Å². The van der Waals surface area contributed by atoms with Gasteiger partial charge in [0.25, 0.3) is 0 Å². The Morgan fingerprint density at radius 2 is 2.25 bits per heavy atom. The normalized spacial score (nSPS) is 22.4. The van der Waals surface area contributed by atoms with Gasteiger partial charge in [0, 0.05) is 24.0 Å². The van der Waals surface area contributed by atoms with Crippen molar-refractivity contribution in [2.45, 2.75) is 44.6 Å². The zero-order valence-corrected chi connectivity index (χ0v) is 12.2. The number of anilines is 1. The molecule has 2 rings (SSSR count). The Morgan fingerprint density at radius 1 is 1.50 bits per heavy atom. The lowest BCUT2D eigenvalue weighted by molar-refractivity contribution is 0.112. The van der Waals surface area contributed by atoms with E-state index in [1.165, 1.54) is 6.20 Å². The molecule has 0 aromatic carbocycles. The van der Waals surface area contributed by atoms with Crippen LogP contribution in [0, 0.1) is 0 Å². The second kappa shape index (κ2) is 7.06. The summed E-state index contributed by atoms with van der Waals surface area (Å²) in [5, 5.41) is 16.3. The first kappa shape index (κ1) is 15.3. The molecule has 0 aliphatic heterocycles. The van der Waals surface area contributed by atoms with Crippen LogP contribution in [0.3, 0.4) is 0 Å². The highest BCUT2D eigenvalue weighted by Crippen LogP contribution is 2.25. The molecule has 5 nitrogen and oxygen atoms in total. The van der Waals surface area contributed by atoms with Crippen molar-refractivity contribution in [1.82, 2.24) is 10.2 Å². The highest BCUT2D eigenvalue weighted by Gasteiger charge is 2.24. The van der Waals surface area contributed by atoms with Crippen LogP contribution in [-0.4, -0.2) is 35.4 Å². The number of nitrogens with zero attached hydrogens (tertiary/aromatic N) is 1. The zero-order valence-electron chi connectivity index (χ0n) is 11.5. The van der Waals surface area contributed by atoms with Gasteiger partial charge in [-0.2, -0.15) is 0 Å². The van der Waals surface area contributed by atoms with Gasteiger partial charge in [0.05, 0.1) is 5.56 Å². The topological polar surface area (TPSA) is 74.2 Å². The average molecular weight is 296 g/mol. The number of halogens is 1. The van der Waals surface area contributed by atoms with E-state index in [0.29, 0.717) is 16.8 Å². The monoisotopic (exact) mass is 295 g/mol. The van der Waals surface area contributed by atoms with E-state index >= 15 is 0 Å². The summed E-state index contributed by atoms with van der Waals surface area (Å²) in [6.07, 6.45) is 6.34. The van der Waals surface area contributed by atoms with Gasteiger partial charge >= 0.3 is 7.05 Å². The summed E-state index contributed by atoms with van der Waals surface area (Å²) in [4.78, 5) is 14.9. The summed E-state index contributed by atoms with van der Waals surface area (Å²) in [7, 11) is -0.500. The molecule has 108 valence electrons. The number of hydrogen-bond donors (Lipinski definition) is 3. The summed E-state index contributed by atoms with van der Waals surface area (Å²) < 4.78 is 0. The van der Waals surface area contributed by atoms with Crippen molar-refractivity contribution in [3.8, 4) is 0 Å². The highest BCUT2D eigenvalue weighted by molar-refractivity contribution is 6.45. The minimum atomic E-state index is -0.500. The molecular weight excluding hydrogens is 276 g/mol. The van der Waals surface area contributed by atoms with E-state index in [0.717, 1.165) is 37.7 Å². The second-order valence-corrected chi connectivity index (χ2v) is 5.65. The van der Waals surface area contributed by atoms with E-state index in [1.54, 1.807) is 12.9 Å². The third-order valence-electron chi connectivity index (χ3n) is 3.54. The Bertz CT molecular complexity index is 473. The molecule has 2 unspecified atom stereocenters. The number of hydrogen-bond acceptors (Lipinski definition) is 5. The maximum absolute atomic E-state index is 11.0. The maximum atomic E-state index is 11.0. The number of pyridine rings is 1. The fourth-order valence-electron chi connectivity index (χ4n) is 2.69. The minimum Gasteiger partial charge on any atom is -0.437 e. The van der Waals surface area contributed by atoms with Gasteiger partial charge < -0.3 is 15.6 Å². The molecule has 1 aromatic rings. The number of aromatic nitrogens is 1. The van der Waals surface area contributed by atoms with Crippen molar-refractivity contribution in [1.29, 1.82) is 0 Å². The zero-order chi connectivity index (χ0) is 14.5. The number of rotatable bonds is 5. The molecule has 0 saturated heterocycles. The second-order valence-electron chi connectivity index (χ2n) is 5.26. The predicted molar refractivity (Wildman–Crippen MR) is 81.3 cm³/mol. The standard InChI is InChI=1S/C13H19BClN3O2/c1-14(20)18-11-4-2-3-10(5-11)17-12-6-13(15)16-7-9(12)8-19/h6-8,10-11,18,20H,2-5H2,1H3,(H,16,17). The van der Waals surface area contributed by atoms with Crippen molar-refractivity contribution in [3.63, 3.8) is 0 Å². The molecule has 0 spiro atoms. The van der Waals surface area contributed by atoms with Crippen LogP contribution >= 0.6 is 11.6 Å². The molecule has 1 aliphatic carbocycles. The van der Waals surface area contributed by atoms with E-state index in [2.05, 4.69) is 15.5 Å². The Labute approximate surface area is 124 Å². The van der Waals surface area contributed by atoms with Gasteiger partial charge in [0.2, 0.25) is 0 Å². The molecule has 2 atom stereocenters. The summed E-state index contributed by atoms with van der Waals surface area (Å²) in [6, 6.07) is 2.23. The number of aldehydes is 1. The van der Waals surface area contributed by atoms with Gasteiger partial charge in [-0.05, 0) is 38.6 Å². The van der Waals surface area contributed by atoms with Crippen LogP contribution in [0.1, 0.15) is 36.0 Å². The molecule has 3 N–H and O–H groups in total. The Balaban J connectivity index is 2.02. The van der Waals surface area contributed by atoms with Crippen molar-refractivity contribution in [2.24, 2.45) is 0 Å². The molecule has 1 saturated carbocycles. The predicted octanol–water partition coefficient (Wildman–Crippen LogP) is 1.97. The number of nitrogens with one attached hydrogen (secondary N) is 2.